The van der Waals surface area contributed by atoms with Crippen LogP contribution in [0.2, 0.25) is 0 Å². The van der Waals surface area contributed by atoms with Crippen molar-refractivity contribution in [3.05, 3.63) is 16.1 Å². The second kappa shape index (κ2) is 5.25. The zero-order valence-corrected chi connectivity index (χ0v) is 10.8. The van der Waals surface area contributed by atoms with Crippen molar-refractivity contribution in [2.75, 3.05) is 0 Å². The maximum absolute atomic E-state index is 5.84. The minimum atomic E-state index is 0.339. The Morgan fingerprint density at radius 2 is 2.38 bits per heavy atom. The molecule has 2 rings (SSSR count). The maximum Gasteiger partial charge on any atom is 0.0954 e. The Kier molecular flexibility index (Phi) is 3.95. The fraction of sp³-hybridized carbons (Fsp3) is 0.750. The first-order valence-corrected chi connectivity index (χ1v) is 6.84. The highest BCUT2D eigenvalue weighted by Gasteiger charge is 2.22. The van der Waals surface area contributed by atoms with Gasteiger partial charge in [-0.2, -0.15) is 0 Å². The summed E-state index contributed by atoms with van der Waals surface area (Å²) in [6, 6.07) is 0.339. The molecular formula is C12H20N2OS. The van der Waals surface area contributed by atoms with Crippen molar-refractivity contribution in [3.63, 3.8) is 0 Å². The lowest BCUT2D eigenvalue weighted by Gasteiger charge is -2.09. The van der Waals surface area contributed by atoms with Gasteiger partial charge in [0.05, 0.1) is 23.4 Å². The molecule has 2 N–H and O–H groups in total. The summed E-state index contributed by atoms with van der Waals surface area (Å²) < 4.78 is 5.82. The quantitative estimate of drug-likeness (QED) is 0.880. The molecule has 2 unspecified atom stereocenters. The van der Waals surface area contributed by atoms with E-state index in [2.05, 4.69) is 24.2 Å². The molecule has 1 aliphatic rings. The van der Waals surface area contributed by atoms with Crippen LogP contribution in [0.15, 0.2) is 5.38 Å². The van der Waals surface area contributed by atoms with Crippen LogP contribution >= 0.6 is 11.3 Å². The Morgan fingerprint density at radius 1 is 1.56 bits per heavy atom. The second-order valence-corrected chi connectivity index (χ2v) is 5.73. The van der Waals surface area contributed by atoms with Gasteiger partial charge < -0.3 is 10.5 Å². The van der Waals surface area contributed by atoms with E-state index in [1.165, 1.54) is 5.01 Å². The molecule has 1 aromatic heterocycles. The van der Waals surface area contributed by atoms with Gasteiger partial charge in [0, 0.05) is 17.3 Å². The van der Waals surface area contributed by atoms with Gasteiger partial charge in [-0.3, -0.25) is 0 Å². The Labute approximate surface area is 101 Å². The van der Waals surface area contributed by atoms with E-state index in [4.69, 9.17) is 10.5 Å². The zero-order chi connectivity index (χ0) is 11.5. The highest BCUT2D eigenvalue weighted by atomic mass is 32.1. The van der Waals surface area contributed by atoms with Gasteiger partial charge in [0.15, 0.2) is 0 Å². The number of ether oxygens (including phenoxy) is 1. The number of hydrogen-bond acceptors (Lipinski definition) is 4. The lowest BCUT2D eigenvalue weighted by atomic mass is 10.2. The zero-order valence-electron chi connectivity index (χ0n) is 9.98. The molecule has 1 heterocycles. The standard InChI is InChI=1S/C12H20N2OS/c1-8(2)12-14-10(7-16-12)6-15-11-4-3-9(13)5-11/h7-9,11H,3-6,13H2,1-2H3. The molecule has 1 aromatic rings. The molecule has 0 saturated heterocycles. The van der Waals surface area contributed by atoms with Crippen molar-refractivity contribution in [2.24, 2.45) is 5.73 Å². The minimum absolute atomic E-state index is 0.339. The topological polar surface area (TPSA) is 48.1 Å². The van der Waals surface area contributed by atoms with Gasteiger partial charge in [0.25, 0.3) is 0 Å². The summed E-state index contributed by atoms with van der Waals surface area (Å²) in [5.41, 5.74) is 6.91. The monoisotopic (exact) mass is 240 g/mol. The third-order valence-corrected chi connectivity index (χ3v) is 4.15. The van der Waals surface area contributed by atoms with Crippen LogP contribution in [0.25, 0.3) is 0 Å². The number of nitrogens with zero attached hydrogens (tertiary/aromatic N) is 1. The van der Waals surface area contributed by atoms with Crippen molar-refractivity contribution in [2.45, 2.75) is 57.8 Å². The molecule has 2 atom stereocenters. The number of rotatable bonds is 4. The summed E-state index contributed by atoms with van der Waals surface area (Å²) in [5.74, 6) is 0.513. The molecule has 0 aromatic carbocycles. The molecule has 1 fully saturated rings. The summed E-state index contributed by atoms with van der Waals surface area (Å²) in [5, 5.41) is 3.30. The molecule has 0 radical (unpaired) electrons. The largest absolute Gasteiger partial charge is 0.372 e. The highest BCUT2D eigenvalue weighted by molar-refractivity contribution is 7.09. The molecular weight excluding hydrogens is 220 g/mol. The van der Waals surface area contributed by atoms with Crippen LogP contribution in [-0.2, 0) is 11.3 Å². The summed E-state index contributed by atoms with van der Waals surface area (Å²) in [6.07, 6.45) is 3.54. The molecule has 0 amide bonds. The summed E-state index contributed by atoms with van der Waals surface area (Å²) in [7, 11) is 0. The fourth-order valence-corrected chi connectivity index (χ4v) is 2.80. The van der Waals surface area contributed by atoms with Gasteiger partial charge in [0.2, 0.25) is 0 Å². The third-order valence-electron chi connectivity index (χ3n) is 2.96. The van der Waals surface area contributed by atoms with Gasteiger partial charge in [0.1, 0.15) is 0 Å². The number of thiazole rings is 1. The molecule has 4 heteroatoms. The molecule has 0 spiro atoms. The van der Waals surface area contributed by atoms with E-state index >= 15 is 0 Å². The smallest absolute Gasteiger partial charge is 0.0954 e. The van der Waals surface area contributed by atoms with E-state index in [0.717, 1.165) is 25.0 Å². The lowest BCUT2D eigenvalue weighted by Crippen LogP contribution is -2.17. The SMILES string of the molecule is CC(C)c1nc(COC2CCC(N)C2)cs1. The van der Waals surface area contributed by atoms with Crippen molar-refractivity contribution in [3.8, 4) is 0 Å². The molecule has 90 valence electrons. The van der Waals surface area contributed by atoms with E-state index in [-0.39, 0.29) is 0 Å². The van der Waals surface area contributed by atoms with E-state index < -0.39 is 0 Å². The molecule has 0 aliphatic heterocycles. The summed E-state index contributed by atoms with van der Waals surface area (Å²) >= 11 is 1.72. The molecule has 1 aliphatic carbocycles. The average Bonchev–Trinajstić information content (AvgIpc) is 2.83. The van der Waals surface area contributed by atoms with Crippen molar-refractivity contribution in [1.29, 1.82) is 0 Å². The fourth-order valence-electron chi connectivity index (χ4n) is 1.98. The van der Waals surface area contributed by atoms with Gasteiger partial charge in [-0.05, 0) is 19.3 Å². The Morgan fingerprint density at radius 3 is 2.94 bits per heavy atom. The Balaban J connectivity index is 1.80. The van der Waals surface area contributed by atoms with Gasteiger partial charge in [-0.25, -0.2) is 4.98 Å². The number of nitrogens with two attached hydrogens (primary N) is 1. The molecule has 16 heavy (non-hydrogen) atoms. The van der Waals surface area contributed by atoms with Crippen molar-refractivity contribution < 1.29 is 4.74 Å². The van der Waals surface area contributed by atoms with Crippen LogP contribution in [0, 0.1) is 0 Å². The average molecular weight is 240 g/mol. The van der Waals surface area contributed by atoms with E-state index in [1.54, 1.807) is 11.3 Å². The van der Waals surface area contributed by atoms with Gasteiger partial charge in [-0.15, -0.1) is 11.3 Å². The Hall–Kier alpha value is -0.450. The third kappa shape index (κ3) is 3.03. The predicted octanol–water partition coefficient (Wildman–Crippen LogP) is 2.66. The second-order valence-electron chi connectivity index (χ2n) is 4.84. The van der Waals surface area contributed by atoms with Crippen LogP contribution in [0.4, 0.5) is 0 Å². The van der Waals surface area contributed by atoms with Gasteiger partial charge >= 0.3 is 0 Å². The first-order chi connectivity index (χ1) is 7.65. The van der Waals surface area contributed by atoms with Crippen molar-refractivity contribution in [1.82, 2.24) is 4.98 Å². The van der Waals surface area contributed by atoms with Gasteiger partial charge in [-0.1, -0.05) is 13.8 Å². The normalized spacial score (nSPS) is 25.5. The first-order valence-electron chi connectivity index (χ1n) is 5.96. The summed E-state index contributed by atoms with van der Waals surface area (Å²) in [6.45, 7) is 4.97. The van der Waals surface area contributed by atoms with Crippen LogP contribution in [-0.4, -0.2) is 17.1 Å². The van der Waals surface area contributed by atoms with Crippen LogP contribution in [0.5, 0.6) is 0 Å². The lowest BCUT2D eigenvalue weighted by molar-refractivity contribution is 0.0431. The number of aromatic nitrogens is 1. The molecule has 3 nitrogen and oxygen atoms in total. The predicted molar refractivity (Wildman–Crippen MR) is 66.6 cm³/mol. The van der Waals surface area contributed by atoms with E-state index in [1.807, 2.05) is 0 Å². The first kappa shape index (κ1) is 12.0. The molecule has 0 bridgehead atoms. The maximum atomic E-state index is 5.84. The van der Waals surface area contributed by atoms with Crippen LogP contribution in [0.3, 0.4) is 0 Å². The Bertz CT molecular complexity index is 338. The minimum Gasteiger partial charge on any atom is -0.372 e. The van der Waals surface area contributed by atoms with E-state index in [0.29, 0.717) is 24.7 Å². The highest BCUT2D eigenvalue weighted by Crippen LogP contribution is 2.23. The van der Waals surface area contributed by atoms with Crippen molar-refractivity contribution >= 4 is 11.3 Å². The van der Waals surface area contributed by atoms with Crippen LogP contribution in [0.1, 0.15) is 49.7 Å². The van der Waals surface area contributed by atoms with E-state index in [9.17, 15) is 0 Å². The molecule has 1 saturated carbocycles. The van der Waals surface area contributed by atoms with Crippen LogP contribution < -0.4 is 5.73 Å². The number of hydrogen-bond donors (Lipinski definition) is 1. The summed E-state index contributed by atoms with van der Waals surface area (Å²) in [4.78, 5) is 4.55.